The van der Waals surface area contributed by atoms with Crippen molar-refractivity contribution in [1.29, 1.82) is 0 Å². The van der Waals surface area contributed by atoms with Crippen molar-refractivity contribution in [3.8, 4) is 0 Å². The molecule has 2 aliphatic heterocycles. The van der Waals surface area contributed by atoms with Crippen molar-refractivity contribution in [3.05, 3.63) is 73.8 Å². The minimum absolute atomic E-state index is 0.0316. The van der Waals surface area contributed by atoms with Gasteiger partial charge in [0.1, 0.15) is 0 Å². The summed E-state index contributed by atoms with van der Waals surface area (Å²) in [5.41, 5.74) is -2.85. The Kier molecular flexibility index (Phi) is 7.83. The average molecular weight is 537 g/mol. The number of hydrogen-bond donors (Lipinski definition) is 1. The Bertz CT molecular complexity index is 1170. The number of piperidine rings is 1. The third-order valence-electron chi connectivity index (χ3n) is 6.90. The van der Waals surface area contributed by atoms with E-state index in [-0.39, 0.29) is 50.5 Å². The van der Waals surface area contributed by atoms with Crippen molar-refractivity contribution in [3.63, 3.8) is 0 Å². The van der Waals surface area contributed by atoms with E-state index in [0.717, 1.165) is 5.56 Å². The van der Waals surface area contributed by atoms with Crippen LogP contribution < -0.4 is 10.2 Å². The predicted octanol–water partition coefficient (Wildman–Crippen LogP) is 4.23. The van der Waals surface area contributed by atoms with E-state index in [1.807, 2.05) is 37.4 Å². The molecule has 0 unspecified atom stereocenters. The van der Waals surface area contributed by atoms with E-state index >= 15 is 0 Å². The fourth-order valence-corrected chi connectivity index (χ4v) is 4.99. The Labute approximate surface area is 215 Å². The molecule has 0 aromatic heterocycles. The maximum Gasteiger partial charge on any atom is 0.416 e. The van der Waals surface area contributed by atoms with Gasteiger partial charge in [-0.1, -0.05) is 30.3 Å². The number of carbonyl (C=O) groups excluding carboxylic acids is 1. The monoisotopic (exact) mass is 537 g/mol. The molecule has 0 radical (unpaired) electrons. The first-order valence-corrected chi connectivity index (χ1v) is 12.0. The summed E-state index contributed by atoms with van der Waals surface area (Å²) in [4.78, 5) is 40.9. The molecule has 4 rings (SSSR count). The molecule has 1 amide bonds. The van der Waals surface area contributed by atoms with Gasteiger partial charge in [-0.25, -0.2) is 0 Å². The van der Waals surface area contributed by atoms with E-state index in [1.54, 1.807) is 5.06 Å². The van der Waals surface area contributed by atoms with Crippen LogP contribution in [0.3, 0.4) is 0 Å². The Morgan fingerprint density at radius 3 is 2.18 bits per heavy atom. The number of anilines is 1. The van der Waals surface area contributed by atoms with Gasteiger partial charge in [-0.3, -0.25) is 29.9 Å². The number of carbonyl (C=O) groups is 1. The number of hydrogen-bond acceptors (Lipinski definition) is 8. The molecule has 0 spiro atoms. The molecule has 2 aliphatic rings. The molecule has 2 fully saturated rings. The van der Waals surface area contributed by atoms with Crippen molar-refractivity contribution >= 4 is 23.0 Å². The molecular formula is C24H26F3N5O6. The lowest BCUT2D eigenvalue weighted by Crippen LogP contribution is -2.42. The first-order chi connectivity index (χ1) is 18.0. The molecular weight excluding hydrogens is 511 g/mol. The average Bonchev–Trinajstić information content (AvgIpc) is 3.26. The second-order valence-corrected chi connectivity index (χ2v) is 9.32. The van der Waals surface area contributed by atoms with E-state index in [1.165, 1.54) is 4.90 Å². The van der Waals surface area contributed by atoms with Crippen molar-refractivity contribution < 1.29 is 32.6 Å². The van der Waals surface area contributed by atoms with Crippen molar-refractivity contribution in [1.82, 2.24) is 10.4 Å². The highest BCUT2D eigenvalue weighted by Gasteiger charge is 2.40. The van der Waals surface area contributed by atoms with Crippen LogP contribution in [0.25, 0.3) is 0 Å². The van der Waals surface area contributed by atoms with Crippen LogP contribution in [0.15, 0.2) is 42.5 Å². The van der Waals surface area contributed by atoms with Crippen LogP contribution in [0, 0.1) is 26.1 Å². The molecule has 11 nitrogen and oxygen atoms in total. The highest BCUT2D eigenvalue weighted by Crippen LogP contribution is 2.44. The second-order valence-electron chi connectivity index (χ2n) is 9.32. The van der Waals surface area contributed by atoms with Crippen LogP contribution in [0.1, 0.15) is 36.4 Å². The fraction of sp³-hybridized carbons (Fsp3) is 0.458. The van der Waals surface area contributed by atoms with Crippen molar-refractivity contribution in [2.75, 3.05) is 31.6 Å². The number of nitro benzene ring substituents is 2. The molecule has 2 aromatic rings. The highest BCUT2D eigenvalue weighted by molar-refractivity contribution is 5.80. The zero-order valence-corrected chi connectivity index (χ0v) is 20.4. The Morgan fingerprint density at radius 2 is 1.66 bits per heavy atom. The van der Waals surface area contributed by atoms with Gasteiger partial charge in [0.2, 0.25) is 5.91 Å². The summed E-state index contributed by atoms with van der Waals surface area (Å²) < 4.78 is 39.6. The topological polar surface area (TPSA) is 131 Å². The number of nitrogens with one attached hydrogen (secondary N) is 1. The zero-order chi connectivity index (χ0) is 27.6. The van der Waals surface area contributed by atoms with Crippen LogP contribution in [0.4, 0.5) is 30.2 Å². The van der Waals surface area contributed by atoms with Gasteiger partial charge in [-0.15, -0.1) is 0 Å². The fourth-order valence-electron chi connectivity index (χ4n) is 4.99. The minimum Gasteiger partial charge on any atom is -0.360 e. The van der Waals surface area contributed by atoms with E-state index in [4.69, 9.17) is 4.84 Å². The third-order valence-corrected chi connectivity index (χ3v) is 6.90. The Hall–Kier alpha value is -3.78. The Balaban J connectivity index is 1.38. The third kappa shape index (κ3) is 5.86. The van der Waals surface area contributed by atoms with Gasteiger partial charge >= 0.3 is 6.18 Å². The summed E-state index contributed by atoms with van der Waals surface area (Å²) in [6.07, 6.45) is -4.09. The first-order valence-electron chi connectivity index (χ1n) is 12.0. The van der Waals surface area contributed by atoms with Gasteiger partial charge in [0.05, 0.1) is 27.6 Å². The quantitative estimate of drug-likeness (QED) is 0.410. The van der Waals surface area contributed by atoms with Crippen LogP contribution in [0.2, 0.25) is 0 Å². The predicted molar refractivity (Wildman–Crippen MR) is 129 cm³/mol. The van der Waals surface area contributed by atoms with Gasteiger partial charge in [0.25, 0.3) is 11.4 Å². The van der Waals surface area contributed by atoms with E-state index in [9.17, 15) is 38.2 Å². The lowest BCUT2D eigenvalue weighted by molar-refractivity contribution is -0.393. The van der Waals surface area contributed by atoms with Crippen molar-refractivity contribution in [2.45, 2.75) is 37.6 Å². The maximum absolute atomic E-state index is 13.2. The molecule has 0 saturated carbocycles. The highest BCUT2D eigenvalue weighted by atomic mass is 19.4. The zero-order valence-electron chi connectivity index (χ0n) is 20.4. The van der Waals surface area contributed by atoms with E-state index in [0.29, 0.717) is 18.6 Å². The van der Waals surface area contributed by atoms with Gasteiger partial charge in [0.15, 0.2) is 5.69 Å². The summed E-state index contributed by atoms with van der Waals surface area (Å²) in [5.74, 6) is -0.696. The molecule has 2 saturated heterocycles. The Morgan fingerprint density at radius 1 is 1.08 bits per heavy atom. The number of nitro groups is 2. The lowest BCUT2D eigenvalue weighted by Gasteiger charge is -2.32. The number of nitrogens with zero attached hydrogens (tertiary/aromatic N) is 4. The molecule has 2 aromatic carbocycles. The van der Waals surface area contributed by atoms with Crippen LogP contribution in [-0.4, -0.2) is 53.6 Å². The molecule has 14 heteroatoms. The van der Waals surface area contributed by atoms with Gasteiger partial charge < -0.3 is 10.2 Å². The summed E-state index contributed by atoms with van der Waals surface area (Å²) in [7, 11) is 1.83. The van der Waals surface area contributed by atoms with Gasteiger partial charge in [-0.2, -0.15) is 18.2 Å². The number of hydroxylamine groups is 2. The van der Waals surface area contributed by atoms with E-state index in [2.05, 4.69) is 5.32 Å². The molecule has 1 N–H and O–H groups in total. The molecule has 204 valence electrons. The summed E-state index contributed by atoms with van der Waals surface area (Å²) in [6.45, 7) is 0.344. The van der Waals surface area contributed by atoms with Crippen LogP contribution in [0.5, 0.6) is 0 Å². The molecule has 0 bridgehead atoms. The summed E-state index contributed by atoms with van der Waals surface area (Å²) in [6, 6.07) is 10.5. The van der Waals surface area contributed by atoms with Crippen LogP contribution >= 0.6 is 0 Å². The minimum atomic E-state index is -4.99. The van der Waals surface area contributed by atoms with Crippen molar-refractivity contribution in [2.24, 2.45) is 5.92 Å². The number of alkyl halides is 3. The second kappa shape index (κ2) is 10.9. The smallest absolute Gasteiger partial charge is 0.360 e. The summed E-state index contributed by atoms with van der Waals surface area (Å²) >= 11 is 0. The summed E-state index contributed by atoms with van der Waals surface area (Å²) in [5, 5.41) is 27.7. The number of amides is 1. The molecule has 0 aliphatic carbocycles. The van der Waals surface area contributed by atoms with E-state index < -0.39 is 44.6 Å². The van der Waals surface area contributed by atoms with Gasteiger partial charge in [0, 0.05) is 44.7 Å². The first kappa shape index (κ1) is 27.3. The number of halogens is 3. The maximum atomic E-state index is 13.2. The SMILES string of the molecule is CN1O[C@H](CNC(=O)C2CCN(c3c([N+](=O)[O-])cc(C(F)(F)F)cc3[N+](=O)[O-])CC2)C[C@H]1c1ccccc1. The number of benzene rings is 2. The lowest BCUT2D eigenvalue weighted by atomic mass is 9.94. The number of rotatable bonds is 7. The molecule has 38 heavy (non-hydrogen) atoms. The largest absolute Gasteiger partial charge is 0.416 e. The molecule has 2 atom stereocenters. The van der Waals surface area contributed by atoms with Gasteiger partial charge in [-0.05, 0) is 24.8 Å². The van der Waals surface area contributed by atoms with Crippen LogP contribution in [-0.2, 0) is 15.8 Å². The normalized spacial score (nSPS) is 20.9. The molecule has 2 heterocycles. The standard InChI is InChI=1S/C24H26F3N5O6/c1-29-19(15-5-3-2-4-6-15)13-18(38-29)14-28-23(33)16-7-9-30(10-8-16)22-20(31(34)35)11-17(24(25,26)27)12-21(22)32(36)37/h2-6,11-12,16,18-19H,7-10,13-14H2,1H3,(H,28,33)/t18-,19-/m0/s1.